The van der Waals surface area contributed by atoms with Crippen molar-refractivity contribution in [2.24, 2.45) is 0 Å². The van der Waals surface area contributed by atoms with Crippen LogP contribution in [0.25, 0.3) is 0 Å². The molecular formula is C28H37N3O4. The summed E-state index contributed by atoms with van der Waals surface area (Å²) in [5.41, 5.74) is 3.16. The second kappa shape index (κ2) is 9.36. The summed E-state index contributed by atoms with van der Waals surface area (Å²) >= 11 is 0. The number of Topliss-reactive ketones (excluding diaryl/α,β-unsaturated/α-hetero) is 1. The molecule has 7 heteroatoms. The summed E-state index contributed by atoms with van der Waals surface area (Å²) in [6, 6.07) is 7.01. The lowest BCUT2D eigenvalue weighted by Crippen LogP contribution is -2.30. The highest BCUT2D eigenvalue weighted by molar-refractivity contribution is 6.07. The minimum Gasteiger partial charge on any atom is -0.507 e. The van der Waals surface area contributed by atoms with Gasteiger partial charge in [-0.15, -0.1) is 0 Å². The molecule has 0 fully saturated rings. The number of hydrogen-bond donors (Lipinski definition) is 3. The van der Waals surface area contributed by atoms with Crippen molar-refractivity contribution >= 4 is 17.5 Å². The summed E-state index contributed by atoms with van der Waals surface area (Å²) in [6.07, 6.45) is 0. The Bertz CT molecular complexity index is 1150. The Morgan fingerprint density at radius 1 is 1.06 bits per heavy atom. The summed E-state index contributed by atoms with van der Waals surface area (Å²) in [6.45, 7) is 14.7. The zero-order valence-corrected chi connectivity index (χ0v) is 22.0. The number of benzene rings is 2. The van der Waals surface area contributed by atoms with E-state index in [1.165, 1.54) is 0 Å². The molecule has 0 aliphatic carbocycles. The monoisotopic (exact) mass is 479 g/mol. The maximum Gasteiger partial charge on any atom is 0.254 e. The van der Waals surface area contributed by atoms with E-state index in [1.54, 1.807) is 36.2 Å². The number of amidine groups is 1. The SMILES string of the molecule is CCOc1cc2c(cc1C(=O)NC)CN(CC(=O)c1cc(C(C)(C)C)c(O)c(C(C)(C)C)c1)C2=N. The van der Waals surface area contributed by atoms with Crippen LogP contribution in [0.4, 0.5) is 0 Å². The molecule has 0 saturated carbocycles. The Kier molecular flexibility index (Phi) is 7.02. The molecule has 35 heavy (non-hydrogen) atoms. The molecule has 1 aliphatic heterocycles. The molecule has 0 unspecified atom stereocenters. The maximum absolute atomic E-state index is 13.4. The lowest BCUT2D eigenvalue weighted by atomic mass is 9.78. The fourth-order valence-electron chi connectivity index (χ4n) is 4.36. The Balaban J connectivity index is 1.95. The van der Waals surface area contributed by atoms with Crippen LogP contribution in [0.15, 0.2) is 24.3 Å². The van der Waals surface area contributed by atoms with Crippen molar-refractivity contribution in [2.45, 2.75) is 65.8 Å². The minimum atomic E-state index is -0.344. The molecule has 1 amide bonds. The normalized spacial score (nSPS) is 13.6. The van der Waals surface area contributed by atoms with Gasteiger partial charge in [0.15, 0.2) is 5.78 Å². The van der Waals surface area contributed by atoms with E-state index >= 15 is 0 Å². The van der Waals surface area contributed by atoms with Crippen molar-refractivity contribution in [3.63, 3.8) is 0 Å². The number of aromatic hydroxyl groups is 1. The Hall–Kier alpha value is -3.35. The summed E-state index contributed by atoms with van der Waals surface area (Å²) in [5.74, 6) is 0.490. The molecule has 0 bridgehead atoms. The Morgan fingerprint density at radius 3 is 2.11 bits per heavy atom. The highest BCUT2D eigenvalue weighted by atomic mass is 16.5. The molecule has 1 heterocycles. The van der Waals surface area contributed by atoms with Gasteiger partial charge in [0.1, 0.15) is 17.3 Å². The van der Waals surface area contributed by atoms with Crippen LogP contribution in [-0.4, -0.2) is 47.7 Å². The van der Waals surface area contributed by atoms with Crippen molar-refractivity contribution in [1.29, 1.82) is 5.41 Å². The molecule has 0 radical (unpaired) electrons. The number of nitrogens with zero attached hydrogens (tertiary/aromatic N) is 1. The van der Waals surface area contributed by atoms with Gasteiger partial charge in [-0.2, -0.15) is 0 Å². The number of rotatable bonds is 6. The number of carbonyl (C=O) groups is 2. The van der Waals surface area contributed by atoms with Crippen LogP contribution < -0.4 is 10.1 Å². The minimum absolute atomic E-state index is 0.0186. The van der Waals surface area contributed by atoms with E-state index in [2.05, 4.69) is 5.32 Å². The Morgan fingerprint density at radius 2 is 1.63 bits per heavy atom. The fraction of sp³-hybridized carbons (Fsp3) is 0.464. The first kappa shape index (κ1) is 26.3. The first-order valence-electron chi connectivity index (χ1n) is 12.0. The van der Waals surface area contributed by atoms with E-state index in [-0.39, 0.29) is 40.7 Å². The van der Waals surface area contributed by atoms with Gasteiger partial charge < -0.3 is 20.1 Å². The lowest BCUT2D eigenvalue weighted by Gasteiger charge is -2.28. The van der Waals surface area contributed by atoms with Gasteiger partial charge in [-0.1, -0.05) is 41.5 Å². The van der Waals surface area contributed by atoms with Crippen LogP contribution in [0.3, 0.4) is 0 Å². The number of fused-ring (bicyclic) bond motifs is 1. The zero-order valence-electron chi connectivity index (χ0n) is 22.0. The van der Waals surface area contributed by atoms with E-state index < -0.39 is 0 Å². The molecule has 0 spiro atoms. The van der Waals surface area contributed by atoms with Crippen LogP contribution in [0.2, 0.25) is 0 Å². The molecule has 0 aromatic heterocycles. The smallest absolute Gasteiger partial charge is 0.254 e. The fourth-order valence-corrected chi connectivity index (χ4v) is 4.36. The predicted molar refractivity (Wildman–Crippen MR) is 138 cm³/mol. The van der Waals surface area contributed by atoms with E-state index in [9.17, 15) is 14.7 Å². The number of ether oxygens (including phenoxy) is 1. The maximum atomic E-state index is 13.4. The lowest BCUT2D eigenvalue weighted by molar-refractivity contribution is 0.0951. The van der Waals surface area contributed by atoms with E-state index in [0.717, 1.165) is 16.7 Å². The number of phenolic OH excluding ortho intramolecular Hbond substituents is 1. The predicted octanol–water partition coefficient (Wildman–Crippen LogP) is 4.77. The van der Waals surface area contributed by atoms with Gasteiger partial charge in [0, 0.05) is 35.8 Å². The van der Waals surface area contributed by atoms with E-state index in [1.807, 2.05) is 48.5 Å². The van der Waals surface area contributed by atoms with Gasteiger partial charge in [0.05, 0.1) is 18.7 Å². The summed E-state index contributed by atoms with van der Waals surface area (Å²) in [4.78, 5) is 27.5. The van der Waals surface area contributed by atoms with Crippen molar-refractivity contribution < 1.29 is 19.4 Å². The number of carbonyl (C=O) groups excluding carboxylic acids is 2. The summed E-state index contributed by atoms with van der Waals surface area (Å²) in [7, 11) is 1.56. The molecule has 188 valence electrons. The molecule has 2 aromatic rings. The first-order chi connectivity index (χ1) is 16.2. The quantitative estimate of drug-likeness (QED) is 0.518. The average Bonchev–Trinajstić information content (AvgIpc) is 3.05. The zero-order chi connectivity index (χ0) is 26.3. The van der Waals surface area contributed by atoms with Crippen LogP contribution in [0.1, 0.15) is 91.4 Å². The second-order valence-corrected chi connectivity index (χ2v) is 11.1. The van der Waals surface area contributed by atoms with E-state index in [4.69, 9.17) is 10.1 Å². The molecule has 1 aliphatic rings. The van der Waals surface area contributed by atoms with Gasteiger partial charge in [-0.05, 0) is 47.6 Å². The van der Waals surface area contributed by atoms with Gasteiger partial charge in [-0.3, -0.25) is 15.0 Å². The van der Waals surface area contributed by atoms with Gasteiger partial charge >= 0.3 is 0 Å². The molecule has 7 nitrogen and oxygen atoms in total. The summed E-state index contributed by atoms with van der Waals surface area (Å²) < 4.78 is 5.65. The van der Waals surface area contributed by atoms with Crippen LogP contribution in [0, 0.1) is 5.41 Å². The number of ketones is 1. The van der Waals surface area contributed by atoms with Crippen LogP contribution >= 0.6 is 0 Å². The highest BCUT2D eigenvalue weighted by Crippen LogP contribution is 2.40. The molecule has 0 atom stereocenters. The third-order valence-corrected chi connectivity index (χ3v) is 6.29. The van der Waals surface area contributed by atoms with E-state index in [0.29, 0.717) is 35.6 Å². The van der Waals surface area contributed by atoms with Gasteiger partial charge in [-0.25, -0.2) is 0 Å². The number of hydrogen-bond acceptors (Lipinski definition) is 5. The second-order valence-electron chi connectivity index (χ2n) is 11.1. The summed E-state index contributed by atoms with van der Waals surface area (Å²) in [5, 5.41) is 22.3. The van der Waals surface area contributed by atoms with Crippen molar-refractivity contribution in [3.8, 4) is 11.5 Å². The molecular weight excluding hydrogens is 442 g/mol. The molecule has 3 rings (SSSR count). The standard InChI is InChI=1S/C28H37N3O4/c1-9-35-23-13-18-17(10-19(23)26(34)30-8)14-31(25(18)29)15-22(32)16-11-20(27(2,3)4)24(33)21(12-16)28(5,6)7/h10-13,29,33H,9,14-15H2,1-8H3,(H,30,34). The van der Waals surface area contributed by atoms with Gasteiger partial charge in [0.2, 0.25) is 0 Å². The Labute approximate surface area is 208 Å². The first-order valence-corrected chi connectivity index (χ1v) is 12.0. The van der Waals surface area contributed by atoms with Crippen molar-refractivity contribution in [1.82, 2.24) is 10.2 Å². The number of amides is 1. The molecule has 0 saturated heterocycles. The molecule has 2 aromatic carbocycles. The number of nitrogens with one attached hydrogen (secondary N) is 2. The molecule has 3 N–H and O–H groups in total. The van der Waals surface area contributed by atoms with Crippen molar-refractivity contribution in [2.75, 3.05) is 20.2 Å². The van der Waals surface area contributed by atoms with Crippen LogP contribution in [0.5, 0.6) is 11.5 Å². The highest BCUT2D eigenvalue weighted by Gasteiger charge is 2.31. The van der Waals surface area contributed by atoms with Gasteiger partial charge in [0.25, 0.3) is 5.91 Å². The largest absolute Gasteiger partial charge is 0.507 e. The third-order valence-electron chi connectivity index (χ3n) is 6.29. The van der Waals surface area contributed by atoms with Crippen molar-refractivity contribution in [3.05, 3.63) is 57.6 Å². The van der Waals surface area contributed by atoms with Crippen LogP contribution in [-0.2, 0) is 17.4 Å². The number of phenols is 1. The third kappa shape index (κ3) is 5.19. The topological polar surface area (TPSA) is 103 Å². The average molecular weight is 480 g/mol.